The molecule has 12 heteroatoms. The predicted octanol–water partition coefficient (Wildman–Crippen LogP) is 7.52. The zero-order valence-corrected chi connectivity index (χ0v) is 27.3. The van der Waals surface area contributed by atoms with E-state index in [0.717, 1.165) is 36.6 Å². The van der Waals surface area contributed by atoms with Gasteiger partial charge in [0.2, 0.25) is 0 Å². The van der Waals surface area contributed by atoms with Crippen molar-refractivity contribution >= 4 is 79.0 Å². The molecule has 0 aliphatic carbocycles. The average molecular weight is 732 g/mol. The second kappa shape index (κ2) is 13.1. The molecule has 7 rings (SSSR count). The second-order valence-corrected chi connectivity index (χ2v) is 12.7. The van der Waals surface area contributed by atoms with Gasteiger partial charge in [-0.25, -0.2) is 19.7 Å². The fraction of sp³-hybridized carbons (Fsp3) is 0.242. The Morgan fingerprint density at radius 1 is 1.02 bits per heavy atom. The maximum absolute atomic E-state index is 13.6. The van der Waals surface area contributed by atoms with Gasteiger partial charge in [-0.15, -0.1) is 11.3 Å². The first kappa shape index (κ1) is 29.6. The Kier molecular flexibility index (Phi) is 8.59. The summed E-state index contributed by atoms with van der Waals surface area (Å²) in [6.45, 7) is 3.52. The number of nitrogens with zero attached hydrogens (tertiary/aromatic N) is 5. The monoisotopic (exact) mass is 731 g/mol. The van der Waals surface area contributed by atoms with E-state index in [-0.39, 0.29) is 5.91 Å². The van der Waals surface area contributed by atoms with Crippen molar-refractivity contribution in [1.29, 1.82) is 0 Å². The van der Waals surface area contributed by atoms with Crippen LogP contribution < -0.4 is 20.3 Å². The summed E-state index contributed by atoms with van der Waals surface area (Å²) in [7, 11) is 0. The molecule has 3 aromatic heterocycles. The van der Waals surface area contributed by atoms with Gasteiger partial charge in [-0.1, -0.05) is 47.2 Å². The Morgan fingerprint density at radius 2 is 1.87 bits per heavy atom. The van der Waals surface area contributed by atoms with Gasteiger partial charge >= 0.3 is 6.03 Å². The summed E-state index contributed by atoms with van der Waals surface area (Å²) in [4.78, 5) is 45.3. The van der Waals surface area contributed by atoms with Crippen LogP contribution in [0, 0.1) is 0 Å². The number of carbonyl (C=O) groups is 2. The maximum atomic E-state index is 13.6. The van der Waals surface area contributed by atoms with Gasteiger partial charge in [-0.2, -0.15) is 0 Å². The molecule has 0 spiro atoms. The molecule has 1 saturated heterocycles. The molecule has 228 valence electrons. The SMILES string of the molecule is O=C(Nc1ccc(CN2CCCCC2)cc1)c1sc2ncnc3c2c1NC(=O)N3c1ccc(OCc2ccccn2)c(CI)c1. The van der Waals surface area contributed by atoms with Crippen LogP contribution in [0.5, 0.6) is 5.75 Å². The zero-order chi connectivity index (χ0) is 30.8. The number of nitrogens with one attached hydrogen (secondary N) is 2. The molecule has 2 aliphatic rings. The van der Waals surface area contributed by atoms with Gasteiger partial charge in [-0.3, -0.25) is 14.7 Å². The third-order valence-corrected chi connectivity index (χ3v) is 9.85. The predicted molar refractivity (Wildman–Crippen MR) is 185 cm³/mol. The van der Waals surface area contributed by atoms with E-state index in [2.05, 4.69) is 65.2 Å². The first-order chi connectivity index (χ1) is 22.1. The molecular weight excluding hydrogens is 701 g/mol. The number of benzene rings is 2. The summed E-state index contributed by atoms with van der Waals surface area (Å²) in [6.07, 6.45) is 6.97. The second-order valence-electron chi connectivity index (χ2n) is 11.0. The molecule has 45 heavy (non-hydrogen) atoms. The number of alkyl halides is 1. The number of urea groups is 1. The molecule has 5 heterocycles. The van der Waals surface area contributed by atoms with E-state index >= 15 is 0 Å². The summed E-state index contributed by atoms with van der Waals surface area (Å²) in [6, 6.07) is 18.9. The van der Waals surface area contributed by atoms with E-state index in [1.807, 2.05) is 48.5 Å². The number of anilines is 4. The standard InChI is InChI=1S/C33H30IN7O3S/c34-17-22-16-25(11-12-26(22)44-19-24-6-2-3-13-35-24)41-30-27-28(39-33(41)43)29(45-32(27)37-20-36-30)31(42)38-23-9-7-21(8-10-23)18-40-14-4-1-5-15-40/h2-3,6-13,16,20H,1,4-5,14-15,17-19H2,(H,38,42)(H,39,43). The lowest BCUT2D eigenvalue weighted by Gasteiger charge is -2.27. The number of hydrogen-bond donors (Lipinski definition) is 2. The molecule has 2 aromatic carbocycles. The summed E-state index contributed by atoms with van der Waals surface area (Å²) < 4.78 is 6.73. The topological polar surface area (TPSA) is 113 Å². The van der Waals surface area contributed by atoms with Crippen LogP contribution in [0.3, 0.4) is 0 Å². The number of carbonyl (C=O) groups excluding carboxylic acids is 2. The van der Waals surface area contributed by atoms with Crippen molar-refractivity contribution in [3.8, 4) is 5.75 Å². The van der Waals surface area contributed by atoms with E-state index in [0.29, 0.717) is 49.0 Å². The van der Waals surface area contributed by atoms with Crippen molar-refractivity contribution < 1.29 is 14.3 Å². The highest BCUT2D eigenvalue weighted by atomic mass is 127. The fourth-order valence-corrected chi connectivity index (χ4v) is 7.29. The molecule has 0 atom stereocenters. The lowest BCUT2D eigenvalue weighted by atomic mass is 10.1. The Morgan fingerprint density at radius 3 is 2.64 bits per heavy atom. The maximum Gasteiger partial charge on any atom is 0.332 e. The van der Waals surface area contributed by atoms with Crippen LogP contribution in [-0.2, 0) is 17.6 Å². The van der Waals surface area contributed by atoms with Crippen molar-refractivity contribution in [2.45, 2.75) is 36.8 Å². The molecule has 2 N–H and O–H groups in total. The van der Waals surface area contributed by atoms with Gasteiger partial charge < -0.3 is 15.4 Å². The number of halogens is 1. The van der Waals surface area contributed by atoms with Gasteiger partial charge in [-0.05, 0) is 74.0 Å². The molecule has 0 bridgehead atoms. The van der Waals surface area contributed by atoms with Gasteiger partial charge in [0.1, 0.15) is 28.4 Å². The summed E-state index contributed by atoms with van der Waals surface area (Å²) in [5.41, 5.74) is 4.73. The molecular formula is C33H30IN7O3S. The van der Waals surface area contributed by atoms with Crippen molar-refractivity contribution in [3.05, 3.63) is 94.9 Å². The van der Waals surface area contributed by atoms with E-state index in [1.165, 1.54) is 47.4 Å². The van der Waals surface area contributed by atoms with Crippen molar-refractivity contribution in [1.82, 2.24) is 19.9 Å². The third kappa shape index (κ3) is 6.22. The molecule has 0 unspecified atom stereocenters. The van der Waals surface area contributed by atoms with Crippen LogP contribution in [-0.4, -0.2) is 44.9 Å². The molecule has 5 aromatic rings. The normalized spacial score (nSPS) is 14.8. The first-order valence-corrected chi connectivity index (χ1v) is 17.1. The molecule has 0 radical (unpaired) electrons. The number of rotatable bonds is 9. The molecule has 1 fully saturated rings. The summed E-state index contributed by atoms with van der Waals surface area (Å²) in [5.74, 6) is 0.842. The fourth-order valence-electron chi connectivity index (χ4n) is 5.71. The third-order valence-electron chi connectivity index (χ3n) is 7.94. The minimum absolute atomic E-state index is 0.307. The van der Waals surface area contributed by atoms with Crippen molar-refractivity contribution in [3.63, 3.8) is 0 Å². The molecule has 0 saturated carbocycles. The van der Waals surface area contributed by atoms with Gasteiger partial charge in [0.05, 0.1) is 22.5 Å². The molecule has 3 amide bonds. The Labute approximate surface area is 278 Å². The number of likely N-dealkylation sites (tertiary alicyclic amines) is 1. The van der Waals surface area contributed by atoms with E-state index in [9.17, 15) is 9.59 Å². The van der Waals surface area contributed by atoms with E-state index in [1.54, 1.807) is 6.20 Å². The van der Waals surface area contributed by atoms with Gasteiger partial charge in [0, 0.05) is 28.4 Å². The number of hydrogen-bond acceptors (Lipinski definition) is 8. The van der Waals surface area contributed by atoms with E-state index in [4.69, 9.17) is 4.74 Å². The van der Waals surface area contributed by atoms with Crippen LogP contribution in [0.25, 0.3) is 10.2 Å². The average Bonchev–Trinajstić information content (AvgIpc) is 3.45. The Bertz CT molecular complexity index is 1860. The van der Waals surface area contributed by atoms with Crippen LogP contribution in [0.1, 0.15) is 45.8 Å². The molecule has 2 aliphatic heterocycles. The number of amides is 3. The number of aromatic nitrogens is 3. The van der Waals surface area contributed by atoms with Crippen LogP contribution in [0.2, 0.25) is 0 Å². The summed E-state index contributed by atoms with van der Waals surface area (Å²) in [5, 5.41) is 6.58. The van der Waals surface area contributed by atoms with Crippen molar-refractivity contribution in [2.24, 2.45) is 0 Å². The largest absolute Gasteiger partial charge is 0.487 e. The number of pyridine rings is 1. The first-order valence-electron chi connectivity index (χ1n) is 14.8. The minimum atomic E-state index is -0.404. The van der Waals surface area contributed by atoms with Crippen molar-refractivity contribution in [2.75, 3.05) is 28.6 Å². The highest BCUT2D eigenvalue weighted by Gasteiger charge is 2.34. The highest BCUT2D eigenvalue weighted by molar-refractivity contribution is 14.1. The van der Waals surface area contributed by atoms with Crippen LogP contribution in [0.15, 0.2) is 73.2 Å². The van der Waals surface area contributed by atoms with E-state index < -0.39 is 6.03 Å². The number of piperidine rings is 1. The van der Waals surface area contributed by atoms with Gasteiger partial charge in [0.15, 0.2) is 5.82 Å². The smallest absolute Gasteiger partial charge is 0.332 e. The Hall–Kier alpha value is -4.14. The molecule has 10 nitrogen and oxygen atoms in total. The Balaban J connectivity index is 1.12. The van der Waals surface area contributed by atoms with Crippen LogP contribution in [0.4, 0.5) is 27.7 Å². The lowest BCUT2D eigenvalue weighted by molar-refractivity contribution is 0.103. The number of ether oxygens (including phenoxy) is 1. The quantitative estimate of drug-likeness (QED) is 0.119. The number of thiophene rings is 1. The van der Waals surface area contributed by atoms with Gasteiger partial charge in [0.25, 0.3) is 5.91 Å². The highest BCUT2D eigenvalue weighted by Crippen LogP contribution is 2.45. The zero-order valence-electron chi connectivity index (χ0n) is 24.3. The minimum Gasteiger partial charge on any atom is -0.487 e. The lowest BCUT2D eigenvalue weighted by Crippen LogP contribution is -2.35. The summed E-state index contributed by atoms with van der Waals surface area (Å²) >= 11 is 3.51. The van der Waals surface area contributed by atoms with Crippen LogP contribution >= 0.6 is 33.9 Å².